The Morgan fingerprint density at radius 1 is 1.37 bits per heavy atom. The minimum Gasteiger partial charge on any atom is -0.398 e. The fourth-order valence-electron chi connectivity index (χ4n) is 2.36. The summed E-state index contributed by atoms with van der Waals surface area (Å²) in [4.78, 5) is 4.13. The van der Waals surface area contributed by atoms with Crippen LogP contribution >= 0.6 is 0 Å². The molecule has 0 aliphatic carbocycles. The van der Waals surface area contributed by atoms with Crippen LogP contribution in [0.1, 0.15) is 6.42 Å². The number of benzene rings is 1. The van der Waals surface area contributed by atoms with E-state index in [1.165, 1.54) is 0 Å². The third-order valence-electron chi connectivity index (χ3n) is 3.54. The number of aliphatic hydroxyl groups is 1. The van der Waals surface area contributed by atoms with Gasteiger partial charge in [-0.15, -0.1) is 0 Å². The minimum atomic E-state index is -0.782. The van der Waals surface area contributed by atoms with Gasteiger partial charge in [0.15, 0.2) is 0 Å². The summed E-state index contributed by atoms with van der Waals surface area (Å²) in [7, 11) is 0. The van der Waals surface area contributed by atoms with E-state index in [1.807, 2.05) is 18.2 Å². The van der Waals surface area contributed by atoms with Crippen molar-refractivity contribution in [3.05, 3.63) is 30.6 Å². The maximum Gasteiger partial charge on any atom is 0.107 e. The summed E-state index contributed by atoms with van der Waals surface area (Å²) in [6, 6.07) is 5.67. The van der Waals surface area contributed by atoms with Crippen LogP contribution in [-0.2, 0) is 4.74 Å². The van der Waals surface area contributed by atoms with Gasteiger partial charge in [-0.1, -0.05) is 0 Å². The highest BCUT2D eigenvalue weighted by Gasteiger charge is 2.31. The highest BCUT2D eigenvalue weighted by Crippen LogP contribution is 2.28. The Hall–Kier alpha value is -1.85. The zero-order valence-corrected chi connectivity index (χ0v) is 10.6. The van der Waals surface area contributed by atoms with Crippen molar-refractivity contribution in [1.82, 2.24) is 4.98 Å². The van der Waals surface area contributed by atoms with E-state index in [-0.39, 0.29) is 0 Å². The number of nitrogens with zero attached hydrogens (tertiary/aromatic N) is 1. The van der Waals surface area contributed by atoms with Crippen molar-refractivity contribution in [2.75, 3.05) is 30.8 Å². The third kappa shape index (κ3) is 2.34. The number of nitrogens with two attached hydrogens (primary N) is 1. The SMILES string of the molecule is Nc1ccc(NCC2(O)CCOC2)c2cnccc12. The summed E-state index contributed by atoms with van der Waals surface area (Å²) < 4.78 is 5.23. The molecule has 3 rings (SSSR count). The van der Waals surface area contributed by atoms with Crippen molar-refractivity contribution in [1.29, 1.82) is 0 Å². The van der Waals surface area contributed by atoms with Crippen LogP contribution in [0, 0.1) is 0 Å². The zero-order chi connectivity index (χ0) is 13.3. The van der Waals surface area contributed by atoms with Gasteiger partial charge in [-0.25, -0.2) is 0 Å². The number of nitrogen functional groups attached to an aromatic ring is 1. The van der Waals surface area contributed by atoms with Crippen molar-refractivity contribution in [3.8, 4) is 0 Å². The van der Waals surface area contributed by atoms with Gasteiger partial charge in [0.2, 0.25) is 0 Å². The van der Waals surface area contributed by atoms with Crippen LogP contribution in [0.15, 0.2) is 30.6 Å². The van der Waals surface area contributed by atoms with E-state index in [1.54, 1.807) is 12.4 Å². The first kappa shape index (κ1) is 12.2. The summed E-state index contributed by atoms with van der Waals surface area (Å²) >= 11 is 0. The van der Waals surface area contributed by atoms with Crippen LogP contribution in [0.4, 0.5) is 11.4 Å². The molecule has 1 aliphatic rings. The Bertz CT molecular complexity index is 594. The van der Waals surface area contributed by atoms with E-state index in [4.69, 9.17) is 10.5 Å². The standard InChI is InChI=1S/C14H17N3O2/c15-12-1-2-13(11-7-16-5-3-10(11)12)17-8-14(18)4-6-19-9-14/h1-3,5,7,17-18H,4,6,8-9,15H2. The van der Waals surface area contributed by atoms with Crippen molar-refractivity contribution >= 4 is 22.1 Å². The van der Waals surface area contributed by atoms with Crippen molar-refractivity contribution < 1.29 is 9.84 Å². The number of nitrogens with one attached hydrogen (secondary N) is 1. The normalized spacial score (nSPS) is 22.8. The number of hydrogen-bond donors (Lipinski definition) is 3. The topological polar surface area (TPSA) is 80.4 Å². The molecule has 2 aromatic rings. The van der Waals surface area contributed by atoms with Gasteiger partial charge in [-0.2, -0.15) is 0 Å². The largest absolute Gasteiger partial charge is 0.398 e. The second kappa shape index (κ2) is 4.68. The van der Waals surface area contributed by atoms with Crippen molar-refractivity contribution in [2.24, 2.45) is 0 Å². The molecule has 0 amide bonds. The molecular formula is C14H17N3O2. The molecule has 1 atom stereocenters. The van der Waals surface area contributed by atoms with E-state index in [2.05, 4.69) is 10.3 Å². The Morgan fingerprint density at radius 3 is 3.05 bits per heavy atom. The Labute approximate surface area is 111 Å². The molecule has 5 heteroatoms. The Kier molecular flexibility index (Phi) is 3.00. The average molecular weight is 259 g/mol. The quantitative estimate of drug-likeness (QED) is 0.726. The predicted molar refractivity (Wildman–Crippen MR) is 75.0 cm³/mol. The third-order valence-corrected chi connectivity index (χ3v) is 3.54. The molecule has 1 fully saturated rings. The van der Waals surface area contributed by atoms with Crippen molar-refractivity contribution in [2.45, 2.75) is 12.0 Å². The number of ether oxygens (including phenoxy) is 1. The zero-order valence-electron chi connectivity index (χ0n) is 10.6. The molecule has 4 N–H and O–H groups in total. The van der Waals surface area contributed by atoms with Gasteiger partial charge in [0.25, 0.3) is 0 Å². The molecule has 5 nitrogen and oxygen atoms in total. The van der Waals surface area contributed by atoms with E-state index in [0.717, 1.165) is 22.1 Å². The molecule has 1 unspecified atom stereocenters. The predicted octanol–water partition coefficient (Wildman–Crippen LogP) is 1.38. The average Bonchev–Trinajstić information content (AvgIpc) is 2.86. The summed E-state index contributed by atoms with van der Waals surface area (Å²) in [6.45, 7) is 1.45. The van der Waals surface area contributed by atoms with Gasteiger partial charge in [0.05, 0.1) is 6.61 Å². The summed E-state index contributed by atoms with van der Waals surface area (Å²) in [6.07, 6.45) is 4.16. The second-order valence-electron chi connectivity index (χ2n) is 5.00. The molecule has 0 radical (unpaired) electrons. The number of rotatable bonds is 3. The van der Waals surface area contributed by atoms with Gasteiger partial charge in [0, 0.05) is 54.1 Å². The van der Waals surface area contributed by atoms with Crippen LogP contribution in [0.25, 0.3) is 10.8 Å². The molecule has 0 saturated carbocycles. The first-order valence-electron chi connectivity index (χ1n) is 6.34. The molecule has 19 heavy (non-hydrogen) atoms. The lowest BCUT2D eigenvalue weighted by Crippen LogP contribution is -2.37. The maximum atomic E-state index is 10.3. The number of pyridine rings is 1. The molecule has 1 aliphatic heterocycles. The summed E-state index contributed by atoms with van der Waals surface area (Å²) in [5, 5.41) is 15.5. The molecule has 2 heterocycles. The van der Waals surface area contributed by atoms with E-state index < -0.39 is 5.60 Å². The van der Waals surface area contributed by atoms with Crippen molar-refractivity contribution in [3.63, 3.8) is 0 Å². The Morgan fingerprint density at radius 2 is 2.26 bits per heavy atom. The molecule has 0 bridgehead atoms. The van der Waals surface area contributed by atoms with E-state index in [0.29, 0.717) is 26.2 Å². The Balaban J connectivity index is 1.87. The molecule has 100 valence electrons. The molecule has 1 saturated heterocycles. The lowest BCUT2D eigenvalue weighted by Gasteiger charge is -2.22. The van der Waals surface area contributed by atoms with Crippen LogP contribution in [0.5, 0.6) is 0 Å². The second-order valence-corrected chi connectivity index (χ2v) is 5.00. The number of hydrogen-bond acceptors (Lipinski definition) is 5. The van der Waals surface area contributed by atoms with E-state index >= 15 is 0 Å². The number of fused-ring (bicyclic) bond motifs is 1. The molecule has 1 aromatic heterocycles. The highest BCUT2D eigenvalue weighted by molar-refractivity contribution is 6.00. The number of aromatic nitrogens is 1. The fraction of sp³-hybridized carbons (Fsp3) is 0.357. The van der Waals surface area contributed by atoms with Gasteiger partial charge in [0.1, 0.15) is 5.60 Å². The van der Waals surface area contributed by atoms with Gasteiger partial charge < -0.3 is 20.9 Å². The maximum absolute atomic E-state index is 10.3. The van der Waals surface area contributed by atoms with Gasteiger partial charge in [-0.05, 0) is 18.2 Å². The van der Waals surface area contributed by atoms with Gasteiger partial charge in [-0.3, -0.25) is 4.98 Å². The molecular weight excluding hydrogens is 242 g/mol. The minimum absolute atomic E-state index is 0.380. The number of anilines is 2. The van der Waals surface area contributed by atoms with Gasteiger partial charge >= 0.3 is 0 Å². The van der Waals surface area contributed by atoms with Crippen LogP contribution in [-0.4, -0.2) is 35.5 Å². The lowest BCUT2D eigenvalue weighted by atomic mass is 10.0. The molecule has 0 spiro atoms. The van der Waals surface area contributed by atoms with E-state index in [9.17, 15) is 5.11 Å². The summed E-state index contributed by atoms with van der Waals surface area (Å²) in [5.41, 5.74) is 6.82. The lowest BCUT2D eigenvalue weighted by molar-refractivity contribution is 0.0382. The van der Waals surface area contributed by atoms with Crippen LogP contribution in [0.2, 0.25) is 0 Å². The van der Waals surface area contributed by atoms with Crippen LogP contribution < -0.4 is 11.1 Å². The first-order chi connectivity index (χ1) is 9.18. The monoisotopic (exact) mass is 259 g/mol. The summed E-state index contributed by atoms with van der Waals surface area (Å²) in [5.74, 6) is 0. The first-order valence-corrected chi connectivity index (χ1v) is 6.34. The molecule has 1 aromatic carbocycles. The smallest absolute Gasteiger partial charge is 0.107 e. The van der Waals surface area contributed by atoms with Crippen LogP contribution in [0.3, 0.4) is 0 Å². The highest BCUT2D eigenvalue weighted by atomic mass is 16.5. The fourth-order valence-corrected chi connectivity index (χ4v) is 2.36.